The molecule has 1 fully saturated rings. The maximum Gasteiger partial charge on any atom is 0.433 e. The number of amides is 2. The van der Waals surface area contributed by atoms with Crippen molar-refractivity contribution in [1.29, 1.82) is 0 Å². The first-order chi connectivity index (χ1) is 20.4. The van der Waals surface area contributed by atoms with E-state index < -0.39 is 23.8 Å². The van der Waals surface area contributed by atoms with Gasteiger partial charge in [0.05, 0.1) is 34.2 Å². The Morgan fingerprint density at radius 2 is 1.93 bits per heavy atom. The van der Waals surface area contributed by atoms with Crippen LogP contribution in [0.4, 0.5) is 24.7 Å². The largest absolute Gasteiger partial charge is 0.483 e. The van der Waals surface area contributed by atoms with Gasteiger partial charge in [0.1, 0.15) is 11.7 Å². The van der Waals surface area contributed by atoms with Crippen molar-refractivity contribution in [3.05, 3.63) is 59.3 Å². The van der Waals surface area contributed by atoms with Gasteiger partial charge in [-0.3, -0.25) is 23.9 Å². The zero-order valence-corrected chi connectivity index (χ0v) is 23.4. The molecular weight excluding hydrogens is 595 g/mol. The second-order valence-electron chi connectivity index (χ2n) is 9.55. The van der Waals surface area contributed by atoms with Gasteiger partial charge in [-0.25, -0.2) is 9.97 Å². The quantitative estimate of drug-likeness (QED) is 0.202. The third kappa shape index (κ3) is 7.03. The molecular formula is C26H27ClF3N9O4. The van der Waals surface area contributed by atoms with Crippen LogP contribution in [0, 0.1) is 0 Å². The van der Waals surface area contributed by atoms with Crippen molar-refractivity contribution < 1.29 is 32.7 Å². The molecule has 3 aromatic heterocycles. The Morgan fingerprint density at radius 1 is 1.23 bits per heavy atom. The van der Waals surface area contributed by atoms with Crippen LogP contribution in [0.25, 0.3) is 16.9 Å². The molecule has 1 saturated heterocycles. The van der Waals surface area contributed by atoms with E-state index in [1.165, 1.54) is 35.1 Å². The normalized spacial score (nSPS) is 14.5. The first-order valence-corrected chi connectivity index (χ1v) is 13.2. The van der Waals surface area contributed by atoms with E-state index in [0.717, 1.165) is 6.20 Å². The Hall–Kier alpha value is -4.70. The summed E-state index contributed by atoms with van der Waals surface area (Å²) >= 11 is 6.40. The van der Waals surface area contributed by atoms with Gasteiger partial charge in [0.15, 0.2) is 11.5 Å². The summed E-state index contributed by atoms with van der Waals surface area (Å²) in [6.07, 6.45) is 2.08. The van der Waals surface area contributed by atoms with Crippen LogP contribution < -0.4 is 16.4 Å². The molecule has 1 aliphatic heterocycles. The van der Waals surface area contributed by atoms with Crippen LogP contribution >= 0.6 is 11.6 Å². The van der Waals surface area contributed by atoms with E-state index in [9.17, 15) is 22.8 Å². The lowest BCUT2D eigenvalue weighted by Crippen LogP contribution is -2.50. The number of carbonyl (C=O) groups excluding carboxylic acids is 2. The van der Waals surface area contributed by atoms with Gasteiger partial charge in [0, 0.05) is 37.2 Å². The van der Waals surface area contributed by atoms with Crippen molar-refractivity contribution in [1.82, 2.24) is 34.8 Å². The Balaban J connectivity index is 0.00000135. The van der Waals surface area contributed by atoms with Crippen molar-refractivity contribution in [3.63, 3.8) is 0 Å². The minimum absolute atomic E-state index is 0.0799. The number of anilines is 2. The van der Waals surface area contributed by atoms with Crippen molar-refractivity contribution in [2.75, 3.05) is 18.4 Å². The van der Waals surface area contributed by atoms with Gasteiger partial charge in [-0.05, 0) is 38.0 Å². The number of nitrogens with one attached hydrogen (secondary N) is 3. The summed E-state index contributed by atoms with van der Waals surface area (Å²) in [4.78, 5) is 44.1. The topological polar surface area (TPSA) is 184 Å². The highest BCUT2D eigenvalue weighted by atomic mass is 35.5. The van der Waals surface area contributed by atoms with Gasteiger partial charge >= 0.3 is 6.18 Å². The molecule has 0 radical (unpaired) electrons. The molecule has 1 atom stereocenters. The molecule has 4 aromatic rings. The number of aromatic nitrogens is 5. The summed E-state index contributed by atoms with van der Waals surface area (Å²) in [6.45, 7) is 2.46. The minimum Gasteiger partial charge on any atom is -0.483 e. The smallest absolute Gasteiger partial charge is 0.433 e. The number of imidazole rings is 1. The molecule has 17 heteroatoms. The van der Waals surface area contributed by atoms with E-state index in [-0.39, 0.29) is 51.7 Å². The molecule has 0 saturated carbocycles. The van der Waals surface area contributed by atoms with Crippen LogP contribution in [0.3, 0.4) is 0 Å². The molecule has 4 heterocycles. The Bertz CT molecular complexity index is 1620. The number of carbonyl (C=O) groups is 3. The highest BCUT2D eigenvalue weighted by Gasteiger charge is 2.36. The van der Waals surface area contributed by atoms with Crippen molar-refractivity contribution in [2.24, 2.45) is 5.73 Å². The number of H-pyrrole nitrogens is 1. The number of halogens is 4. The van der Waals surface area contributed by atoms with Crippen molar-refractivity contribution in [2.45, 2.75) is 38.0 Å². The number of likely N-dealkylation sites (tertiary alicyclic amines) is 1. The number of piperidine rings is 1. The number of nitrogens with zero attached hydrogens (tertiary/aromatic N) is 5. The molecule has 0 unspecified atom stereocenters. The molecule has 0 bridgehead atoms. The predicted molar refractivity (Wildman–Crippen MR) is 150 cm³/mol. The van der Waals surface area contributed by atoms with Crippen LogP contribution in [0.2, 0.25) is 5.02 Å². The van der Waals surface area contributed by atoms with Crippen LogP contribution in [0.15, 0.2) is 43.0 Å². The van der Waals surface area contributed by atoms with Crippen molar-refractivity contribution in [3.8, 4) is 11.3 Å². The lowest BCUT2D eigenvalue weighted by atomic mass is 10.1. The predicted octanol–water partition coefficient (Wildman–Crippen LogP) is 3.30. The molecule has 43 heavy (non-hydrogen) atoms. The standard InChI is InChI=1S/C25H25ClF3N9O2.CH2O2/c1-13(24(40)37-7-4-14(30)5-8-37)34-23(39)16-3-2-15(10-18(16)26)35-21-22-32-12-19(38(22)9-6-31-21)17-11-33-36-20(17)25(27,28)29;2-1-3/h2-3,6,9-14H,4-5,7-8,30H2,1H3,(H,31,35)(H,33,36)(H,34,39);1H,(H,2,3)/t13-;/m1./s1. The van der Waals surface area contributed by atoms with E-state index >= 15 is 0 Å². The van der Waals surface area contributed by atoms with E-state index in [4.69, 9.17) is 27.2 Å². The van der Waals surface area contributed by atoms with E-state index in [2.05, 4.69) is 25.7 Å². The summed E-state index contributed by atoms with van der Waals surface area (Å²) in [5, 5.41) is 18.3. The molecule has 13 nitrogen and oxygen atoms in total. The van der Waals surface area contributed by atoms with Gasteiger partial charge in [-0.15, -0.1) is 0 Å². The Morgan fingerprint density at radius 3 is 2.58 bits per heavy atom. The lowest BCUT2D eigenvalue weighted by molar-refractivity contribution is -0.140. The van der Waals surface area contributed by atoms with E-state index in [0.29, 0.717) is 31.6 Å². The maximum absolute atomic E-state index is 13.4. The molecule has 1 aliphatic rings. The minimum atomic E-state index is -4.62. The molecule has 2 amide bonds. The summed E-state index contributed by atoms with van der Waals surface area (Å²) in [6, 6.07) is 3.92. The molecule has 1 aromatic carbocycles. The fraction of sp³-hybridized carbons (Fsp3) is 0.308. The second kappa shape index (κ2) is 13.1. The Kier molecular flexibility index (Phi) is 9.50. The first-order valence-electron chi connectivity index (χ1n) is 12.9. The van der Waals surface area contributed by atoms with Gasteiger partial charge in [0.2, 0.25) is 5.91 Å². The number of fused-ring (bicyclic) bond motifs is 1. The summed E-state index contributed by atoms with van der Waals surface area (Å²) in [5.41, 5.74) is 5.81. The zero-order valence-electron chi connectivity index (χ0n) is 22.6. The van der Waals surface area contributed by atoms with Crippen LogP contribution in [-0.4, -0.2) is 78.0 Å². The average molecular weight is 622 g/mol. The molecule has 6 N–H and O–H groups in total. The summed E-state index contributed by atoms with van der Waals surface area (Å²) in [7, 11) is 0. The number of rotatable bonds is 6. The molecule has 0 spiro atoms. The van der Waals surface area contributed by atoms with Crippen LogP contribution in [0.5, 0.6) is 0 Å². The fourth-order valence-corrected chi connectivity index (χ4v) is 4.81. The number of nitrogens with two attached hydrogens (primary N) is 1. The SMILES string of the molecule is C[C@@H](NC(=O)c1ccc(Nc2nccn3c(-c4cn[nH]c4C(F)(F)F)cnc23)cc1Cl)C(=O)N1CCC(N)CC1.O=CO. The highest BCUT2D eigenvalue weighted by molar-refractivity contribution is 6.34. The monoisotopic (exact) mass is 621 g/mol. The number of alkyl halides is 3. The van der Waals surface area contributed by atoms with Gasteiger partial charge < -0.3 is 26.4 Å². The van der Waals surface area contributed by atoms with Crippen LogP contribution in [-0.2, 0) is 15.8 Å². The van der Waals surface area contributed by atoms with Gasteiger partial charge in [-0.1, -0.05) is 11.6 Å². The highest BCUT2D eigenvalue weighted by Crippen LogP contribution is 2.36. The lowest BCUT2D eigenvalue weighted by Gasteiger charge is -2.32. The third-order valence-electron chi connectivity index (χ3n) is 6.67. The number of benzene rings is 1. The number of hydrogen-bond acceptors (Lipinski definition) is 8. The number of carboxylic acid groups (broad SMARTS) is 1. The van der Waals surface area contributed by atoms with Gasteiger partial charge in [-0.2, -0.15) is 18.3 Å². The maximum atomic E-state index is 13.4. The Labute approximate surface area is 247 Å². The van der Waals surface area contributed by atoms with E-state index in [1.807, 2.05) is 5.10 Å². The third-order valence-corrected chi connectivity index (χ3v) is 6.99. The molecule has 0 aliphatic carbocycles. The summed E-state index contributed by atoms with van der Waals surface area (Å²) in [5.74, 6) is -0.449. The second-order valence-corrected chi connectivity index (χ2v) is 9.96. The van der Waals surface area contributed by atoms with Gasteiger partial charge in [0.25, 0.3) is 12.4 Å². The number of hydrogen-bond donors (Lipinski definition) is 5. The fourth-order valence-electron chi connectivity index (χ4n) is 4.55. The van der Waals surface area contributed by atoms with Crippen LogP contribution in [0.1, 0.15) is 35.8 Å². The van der Waals surface area contributed by atoms with E-state index in [1.54, 1.807) is 17.9 Å². The molecule has 228 valence electrons. The number of aromatic amines is 1. The molecule has 5 rings (SSSR count). The van der Waals surface area contributed by atoms with Crippen molar-refractivity contribution >= 4 is 47.0 Å². The average Bonchev–Trinajstić information content (AvgIpc) is 3.61. The first kappa shape index (κ1) is 31.2. The zero-order chi connectivity index (χ0) is 31.3. The summed E-state index contributed by atoms with van der Waals surface area (Å²) < 4.78 is 41.6.